The van der Waals surface area contributed by atoms with Crippen molar-refractivity contribution in [2.24, 2.45) is 0 Å². The molecule has 1 fully saturated rings. The summed E-state index contributed by atoms with van der Waals surface area (Å²) < 4.78 is 46.8. The van der Waals surface area contributed by atoms with E-state index < -0.39 is 17.3 Å². The van der Waals surface area contributed by atoms with Gasteiger partial charge in [-0.15, -0.1) is 11.3 Å². The summed E-state index contributed by atoms with van der Waals surface area (Å²) in [7, 11) is 0. The van der Waals surface area contributed by atoms with E-state index in [0.29, 0.717) is 70.2 Å². The minimum absolute atomic E-state index is 0.0917. The number of aromatic nitrogens is 2. The van der Waals surface area contributed by atoms with Gasteiger partial charge in [0, 0.05) is 41.6 Å². The van der Waals surface area contributed by atoms with Gasteiger partial charge in [0.15, 0.2) is 0 Å². The van der Waals surface area contributed by atoms with Crippen LogP contribution < -0.4 is 15.6 Å². The number of thiazole rings is 1. The molecule has 0 unspecified atom stereocenters. The fourth-order valence-corrected chi connectivity index (χ4v) is 6.21. The first-order valence-corrected chi connectivity index (χ1v) is 15.7. The van der Waals surface area contributed by atoms with Gasteiger partial charge in [-0.1, -0.05) is 29.3 Å². The number of carbonyl (C=O) groups excluding carboxylic acids is 1. The van der Waals surface area contributed by atoms with Crippen LogP contribution in [-0.4, -0.2) is 52.6 Å². The molecule has 236 valence electrons. The van der Waals surface area contributed by atoms with Crippen LogP contribution in [0.2, 0.25) is 5.02 Å². The molecule has 0 aliphatic carbocycles. The number of allylic oxidation sites excluding steroid dienone is 1. The van der Waals surface area contributed by atoms with Crippen LogP contribution in [0.15, 0.2) is 64.3 Å². The van der Waals surface area contributed by atoms with Gasteiger partial charge in [-0.25, -0.2) is 4.98 Å². The van der Waals surface area contributed by atoms with Crippen molar-refractivity contribution in [1.82, 2.24) is 19.8 Å². The summed E-state index contributed by atoms with van der Waals surface area (Å²) in [6.45, 7) is 9.62. The highest BCUT2D eigenvalue weighted by Crippen LogP contribution is 2.35. The van der Waals surface area contributed by atoms with E-state index in [1.165, 1.54) is 16.7 Å². The summed E-state index contributed by atoms with van der Waals surface area (Å²) >= 11 is 7.60. The number of benzene rings is 2. The fraction of sp³-hybridized carbons (Fsp3) is 0.303. The number of hydrogen-bond donors (Lipinski definition) is 1. The molecule has 12 heteroatoms. The van der Waals surface area contributed by atoms with Gasteiger partial charge in [0.2, 0.25) is 0 Å². The quantitative estimate of drug-likeness (QED) is 0.222. The average Bonchev–Trinajstić information content (AvgIpc) is 3.48. The zero-order valence-corrected chi connectivity index (χ0v) is 26.7. The van der Waals surface area contributed by atoms with Crippen LogP contribution in [0, 0.1) is 0 Å². The molecule has 1 N–H and O–H groups in total. The number of amides is 1. The van der Waals surface area contributed by atoms with Crippen molar-refractivity contribution in [2.45, 2.75) is 39.9 Å². The predicted molar refractivity (Wildman–Crippen MR) is 172 cm³/mol. The molecule has 3 heterocycles. The number of carbonyl (C=O) groups is 1. The molecule has 0 radical (unpaired) electrons. The van der Waals surface area contributed by atoms with Crippen LogP contribution in [-0.2, 0) is 6.18 Å². The van der Waals surface area contributed by atoms with Gasteiger partial charge in [0.25, 0.3) is 11.5 Å². The lowest BCUT2D eigenvalue weighted by atomic mass is 10.0. The predicted octanol–water partition coefficient (Wildman–Crippen LogP) is 7.56. The number of ether oxygens (including phenoxy) is 1. The lowest BCUT2D eigenvalue weighted by molar-refractivity contribution is -0.137. The van der Waals surface area contributed by atoms with E-state index >= 15 is 0 Å². The van der Waals surface area contributed by atoms with Crippen molar-refractivity contribution >= 4 is 34.9 Å². The Kier molecular flexibility index (Phi) is 9.52. The maximum atomic E-state index is 14.5. The van der Waals surface area contributed by atoms with Crippen LogP contribution >= 0.6 is 22.9 Å². The van der Waals surface area contributed by atoms with E-state index in [-0.39, 0.29) is 17.5 Å². The standard InChI is InChI=1S/C33H32ClF3N4O3S/c1-5-44-29-11-10-23(34)15-28(29)41-27(14-19(2)3)24(31(42)40-13-12-38-17-20(40)4)16-25(32(41)43)30-39-26(18-45-30)21-6-8-22(9-7-21)33(35,36)37/h6-11,14-16,18,20,38H,5,12-13,17H2,1-4H3/t20-/m0/s1. The SMILES string of the molecule is CCOc1ccc(Cl)cc1-n1c(C=C(C)C)c(C(=O)N2CCNC[C@@H]2C)cc(-c2nc(-c3ccc(C(F)(F)F)cc3)cs2)c1=O. The number of piperazine rings is 1. The Morgan fingerprint density at radius 3 is 2.56 bits per heavy atom. The van der Waals surface area contributed by atoms with Gasteiger partial charge < -0.3 is 15.0 Å². The first kappa shape index (κ1) is 32.5. The third-order valence-electron chi connectivity index (χ3n) is 7.36. The van der Waals surface area contributed by atoms with E-state index in [9.17, 15) is 22.8 Å². The molecule has 45 heavy (non-hydrogen) atoms. The van der Waals surface area contributed by atoms with Gasteiger partial charge in [-0.05, 0) is 70.2 Å². The number of rotatable bonds is 7. The number of halogens is 4. The zero-order chi connectivity index (χ0) is 32.5. The number of hydrogen-bond acceptors (Lipinski definition) is 6. The summed E-state index contributed by atoms with van der Waals surface area (Å²) in [6, 6.07) is 11.1. The highest BCUT2D eigenvalue weighted by Gasteiger charge is 2.31. The van der Waals surface area contributed by atoms with Crippen LogP contribution in [0.1, 0.15) is 49.3 Å². The molecule has 4 aromatic rings. The number of pyridine rings is 1. The maximum absolute atomic E-state index is 14.5. The van der Waals surface area contributed by atoms with Gasteiger partial charge in [0.05, 0.1) is 40.4 Å². The van der Waals surface area contributed by atoms with Crippen molar-refractivity contribution in [3.05, 3.63) is 91.7 Å². The molecular formula is C33H32ClF3N4O3S. The average molecular weight is 657 g/mol. The largest absolute Gasteiger partial charge is 0.492 e. The zero-order valence-electron chi connectivity index (χ0n) is 25.2. The Bertz CT molecular complexity index is 1810. The molecule has 2 aromatic carbocycles. The van der Waals surface area contributed by atoms with Crippen LogP contribution in [0.4, 0.5) is 13.2 Å². The smallest absolute Gasteiger partial charge is 0.416 e. The Hall–Kier alpha value is -3.93. The number of nitrogens with zero attached hydrogens (tertiary/aromatic N) is 3. The topological polar surface area (TPSA) is 76.5 Å². The minimum atomic E-state index is -4.46. The third-order valence-corrected chi connectivity index (χ3v) is 8.47. The van der Waals surface area contributed by atoms with Crippen LogP contribution in [0.5, 0.6) is 5.75 Å². The van der Waals surface area contributed by atoms with Gasteiger partial charge in [-0.2, -0.15) is 13.2 Å². The highest BCUT2D eigenvalue weighted by atomic mass is 35.5. The van der Waals surface area contributed by atoms with E-state index in [2.05, 4.69) is 10.3 Å². The third kappa shape index (κ3) is 6.85. The first-order chi connectivity index (χ1) is 21.4. The molecule has 1 amide bonds. The fourth-order valence-electron chi connectivity index (χ4n) is 5.21. The van der Waals surface area contributed by atoms with Crippen molar-refractivity contribution in [2.75, 3.05) is 26.2 Å². The van der Waals surface area contributed by atoms with Gasteiger partial charge in [0.1, 0.15) is 10.8 Å². The minimum Gasteiger partial charge on any atom is -0.492 e. The maximum Gasteiger partial charge on any atom is 0.416 e. The van der Waals surface area contributed by atoms with Crippen molar-refractivity contribution in [3.63, 3.8) is 0 Å². The second-order valence-electron chi connectivity index (χ2n) is 10.9. The van der Waals surface area contributed by atoms with Crippen LogP contribution in [0.3, 0.4) is 0 Å². The van der Waals surface area contributed by atoms with Crippen molar-refractivity contribution < 1.29 is 22.7 Å². The summed E-state index contributed by atoms with van der Waals surface area (Å²) in [5.74, 6) is 0.161. The summed E-state index contributed by atoms with van der Waals surface area (Å²) in [5.41, 5.74) is 1.71. The molecule has 0 bridgehead atoms. The molecule has 0 saturated carbocycles. The lowest BCUT2D eigenvalue weighted by Crippen LogP contribution is -2.52. The summed E-state index contributed by atoms with van der Waals surface area (Å²) in [6.07, 6.45) is -2.67. The second-order valence-corrected chi connectivity index (χ2v) is 12.2. The Balaban J connectivity index is 1.76. The number of nitrogens with one attached hydrogen (secondary N) is 1. The molecular weight excluding hydrogens is 625 g/mol. The molecule has 1 aliphatic heterocycles. The Morgan fingerprint density at radius 1 is 1.18 bits per heavy atom. The first-order valence-electron chi connectivity index (χ1n) is 14.4. The lowest BCUT2D eigenvalue weighted by Gasteiger charge is -2.34. The number of alkyl halides is 3. The normalized spacial score (nSPS) is 15.2. The monoisotopic (exact) mass is 656 g/mol. The van der Waals surface area contributed by atoms with E-state index in [4.69, 9.17) is 16.3 Å². The summed E-state index contributed by atoms with van der Waals surface area (Å²) in [4.78, 5) is 35.2. The molecule has 1 saturated heterocycles. The molecule has 1 aliphatic rings. The Morgan fingerprint density at radius 2 is 1.91 bits per heavy atom. The Labute approximate surface area is 267 Å². The van der Waals surface area contributed by atoms with Crippen molar-refractivity contribution in [3.8, 4) is 33.3 Å². The molecule has 0 spiro atoms. The summed E-state index contributed by atoms with van der Waals surface area (Å²) in [5, 5.41) is 5.66. The molecule has 7 nitrogen and oxygen atoms in total. The molecule has 1 atom stereocenters. The van der Waals surface area contributed by atoms with E-state index in [1.54, 1.807) is 40.6 Å². The van der Waals surface area contributed by atoms with E-state index in [1.807, 2.05) is 27.7 Å². The molecule has 5 rings (SSSR count). The van der Waals surface area contributed by atoms with Gasteiger partial charge >= 0.3 is 6.18 Å². The second kappa shape index (κ2) is 13.2. The highest BCUT2D eigenvalue weighted by molar-refractivity contribution is 7.13. The van der Waals surface area contributed by atoms with Crippen LogP contribution in [0.25, 0.3) is 33.6 Å². The van der Waals surface area contributed by atoms with Crippen molar-refractivity contribution in [1.29, 1.82) is 0 Å². The molecule has 2 aromatic heterocycles. The van der Waals surface area contributed by atoms with Gasteiger partial charge in [-0.3, -0.25) is 14.2 Å². The van der Waals surface area contributed by atoms with E-state index in [0.717, 1.165) is 29.0 Å².